The summed E-state index contributed by atoms with van der Waals surface area (Å²) in [7, 11) is 1.90. The Balaban J connectivity index is 1.17. The molecule has 2 saturated heterocycles. The fraction of sp³-hybridized carbons (Fsp3) is 0.381. The quantitative estimate of drug-likeness (QED) is 0.135. The van der Waals surface area contributed by atoms with Crippen molar-refractivity contribution in [1.29, 1.82) is 0 Å². The first-order chi connectivity index (χ1) is 26.3. The molecule has 10 nitrogen and oxygen atoms in total. The highest BCUT2D eigenvalue weighted by atomic mass is 19.4. The number of aliphatic hydroxyl groups is 2. The maximum Gasteiger partial charge on any atom is 0.471 e. The molecule has 13 heteroatoms. The Morgan fingerprint density at radius 1 is 0.964 bits per heavy atom. The molecule has 2 aliphatic heterocycles. The molecule has 55 heavy (non-hydrogen) atoms. The summed E-state index contributed by atoms with van der Waals surface area (Å²) in [5.41, 5.74) is 5.48. The van der Waals surface area contributed by atoms with Gasteiger partial charge in [0, 0.05) is 37.7 Å². The number of rotatable bonds is 12. The zero-order chi connectivity index (χ0) is 39.3. The smallest absolute Gasteiger partial charge is 0.471 e. The number of ether oxygens (including phenoxy) is 2. The standard InChI is InChI=1S/C42H46F3N3O7/c1-26-37(24-47(2)23-36(51)31-8-5-9-33(50)21-31)54-40(55-38(26)29-14-12-27(25-49)13-15-29)30-18-16-28(17-19-30)34-10-4-3-7-32(34)22-46-39(52)35-11-6-20-48(35)41(53)42(43,44)45/h3-5,7-10,12-19,21,26,35-38,40,49-51H,6,11,20,22-25H2,1-2H3,(H,46,52)/t26-,35-,36+,37+,38+,40+/m0/s1. The summed E-state index contributed by atoms with van der Waals surface area (Å²) in [6.07, 6.45) is -6.81. The summed E-state index contributed by atoms with van der Waals surface area (Å²) in [6.45, 7) is 2.69. The number of phenolic OH excluding ortho intramolecular Hbond substituents is 1. The van der Waals surface area contributed by atoms with Crippen LogP contribution in [0.1, 0.15) is 66.1 Å². The number of likely N-dealkylation sites (N-methyl/N-ethyl adjacent to an activating group) is 1. The Kier molecular flexibility index (Phi) is 12.6. The normalized spacial score (nSPS) is 22.1. The second-order valence-electron chi connectivity index (χ2n) is 14.3. The summed E-state index contributed by atoms with van der Waals surface area (Å²) < 4.78 is 52.6. The second kappa shape index (κ2) is 17.3. The molecule has 4 aromatic carbocycles. The van der Waals surface area contributed by atoms with Crippen molar-refractivity contribution in [2.24, 2.45) is 5.92 Å². The summed E-state index contributed by atoms with van der Waals surface area (Å²) in [6, 6.07) is 28.0. The second-order valence-corrected chi connectivity index (χ2v) is 14.3. The molecule has 0 unspecified atom stereocenters. The molecule has 4 aromatic rings. The zero-order valence-electron chi connectivity index (χ0n) is 30.7. The van der Waals surface area contributed by atoms with Gasteiger partial charge >= 0.3 is 12.1 Å². The van der Waals surface area contributed by atoms with Crippen molar-refractivity contribution < 1.29 is 47.6 Å². The van der Waals surface area contributed by atoms with Crippen molar-refractivity contribution in [1.82, 2.24) is 15.1 Å². The van der Waals surface area contributed by atoms with Gasteiger partial charge in [-0.15, -0.1) is 0 Å². The fourth-order valence-electron chi connectivity index (χ4n) is 7.36. The summed E-state index contributed by atoms with van der Waals surface area (Å²) in [5, 5.41) is 33.2. The number of halogens is 3. The van der Waals surface area contributed by atoms with Gasteiger partial charge in [-0.25, -0.2) is 0 Å². The minimum atomic E-state index is -5.05. The molecular formula is C42H46F3N3O7. The van der Waals surface area contributed by atoms with Gasteiger partial charge in [0.05, 0.1) is 24.9 Å². The number of hydrogen-bond donors (Lipinski definition) is 4. The van der Waals surface area contributed by atoms with Gasteiger partial charge in [-0.05, 0) is 65.4 Å². The van der Waals surface area contributed by atoms with Crippen molar-refractivity contribution in [2.75, 3.05) is 26.7 Å². The zero-order valence-corrected chi connectivity index (χ0v) is 30.7. The monoisotopic (exact) mass is 761 g/mol. The number of aromatic hydroxyl groups is 1. The Bertz CT molecular complexity index is 1920. The van der Waals surface area contributed by atoms with Crippen LogP contribution < -0.4 is 5.32 Å². The van der Waals surface area contributed by atoms with E-state index in [0.717, 1.165) is 33.4 Å². The number of nitrogens with one attached hydrogen (secondary N) is 1. The first-order valence-corrected chi connectivity index (χ1v) is 18.3. The van der Waals surface area contributed by atoms with Crippen molar-refractivity contribution in [3.63, 3.8) is 0 Å². The summed E-state index contributed by atoms with van der Waals surface area (Å²) in [5.74, 6) is -2.65. The van der Waals surface area contributed by atoms with Crippen molar-refractivity contribution in [3.05, 3.63) is 125 Å². The first-order valence-electron chi connectivity index (χ1n) is 18.3. The molecular weight excluding hydrogens is 715 g/mol. The number of likely N-dealkylation sites (tertiary alicyclic amines) is 1. The average Bonchev–Trinajstić information content (AvgIpc) is 3.67. The van der Waals surface area contributed by atoms with Crippen molar-refractivity contribution in [2.45, 2.75) is 69.7 Å². The van der Waals surface area contributed by atoms with E-state index < -0.39 is 36.4 Å². The lowest BCUT2D eigenvalue weighted by Crippen LogP contribution is -2.50. The van der Waals surface area contributed by atoms with Crippen LogP contribution in [0.2, 0.25) is 0 Å². The van der Waals surface area contributed by atoms with Crippen LogP contribution in [-0.4, -0.2) is 81.9 Å². The van der Waals surface area contributed by atoms with E-state index in [2.05, 4.69) is 12.2 Å². The van der Waals surface area contributed by atoms with Gasteiger partial charge in [-0.2, -0.15) is 13.2 Å². The Morgan fingerprint density at radius 2 is 1.67 bits per heavy atom. The number of carbonyl (C=O) groups is 2. The van der Waals surface area contributed by atoms with Crippen LogP contribution in [0.15, 0.2) is 97.1 Å². The molecule has 0 radical (unpaired) electrons. The SMILES string of the molecule is C[C@H]1[C@@H](CN(C)C[C@@H](O)c2cccc(O)c2)O[C@@H](c2ccc(-c3ccccc3CNC(=O)[C@@H]3CCCN3C(=O)C(F)(F)F)cc2)O[C@H]1c1ccc(CO)cc1. The van der Waals surface area contributed by atoms with E-state index in [9.17, 15) is 38.1 Å². The number of amides is 2. The molecule has 2 aliphatic rings. The number of carbonyl (C=O) groups excluding carboxylic acids is 2. The minimum Gasteiger partial charge on any atom is -0.508 e. The van der Waals surface area contributed by atoms with Gasteiger partial charge in [0.2, 0.25) is 5.91 Å². The predicted octanol–water partition coefficient (Wildman–Crippen LogP) is 6.18. The molecule has 2 heterocycles. The molecule has 4 N–H and O–H groups in total. The molecule has 0 aliphatic carbocycles. The molecule has 0 bridgehead atoms. The van der Waals surface area contributed by atoms with E-state index in [-0.39, 0.29) is 50.0 Å². The minimum absolute atomic E-state index is 0.0557. The maximum absolute atomic E-state index is 13.1. The maximum atomic E-state index is 13.1. The number of benzene rings is 4. The molecule has 2 amide bonds. The van der Waals surface area contributed by atoms with E-state index in [1.165, 1.54) is 0 Å². The van der Waals surface area contributed by atoms with Gasteiger partial charge in [-0.1, -0.05) is 91.9 Å². The third-order valence-electron chi connectivity index (χ3n) is 10.4. The van der Waals surface area contributed by atoms with E-state index in [1.807, 2.05) is 84.7 Å². The fourth-order valence-corrected chi connectivity index (χ4v) is 7.36. The van der Waals surface area contributed by atoms with Crippen LogP contribution in [0, 0.1) is 5.92 Å². The molecule has 0 spiro atoms. The molecule has 0 saturated carbocycles. The van der Waals surface area contributed by atoms with Gasteiger partial charge in [0.15, 0.2) is 6.29 Å². The molecule has 0 aromatic heterocycles. The predicted molar refractivity (Wildman–Crippen MR) is 198 cm³/mol. The van der Waals surface area contributed by atoms with Crippen LogP contribution in [0.4, 0.5) is 13.2 Å². The number of alkyl halides is 3. The number of aliphatic hydroxyl groups excluding tert-OH is 2. The van der Waals surface area contributed by atoms with Gasteiger partial charge < -0.3 is 39.9 Å². The molecule has 292 valence electrons. The summed E-state index contributed by atoms with van der Waals surface area (Å²) in [4.78, 5) is 27.5. The van der Waals surface area contributed by atoms with Crippen molar-refractivity contribution >= 4 is 11.8 Å². The van der Waals surface area contributed by atoms with Crippen LogP contribution in [-0.2, 0) is 32.2 Å². The van der Waals surface area contributed by atoms with Crippen molar-refractivity contribution in [3.8, 4) is 16.9 Å². The highest BCUT2D eigenvalue weighted by molar-refractivity contribution is 5.90. The number of phenols is 1. The topological polar surface area (TPSA) is 132 Å². The lowest BCUT2D eigenvalue weighted by atomic mass is 9.90. The van der Waals surface area contributed by atoms with E-state index >= 15 is 0 Å². The third kappa shape index (κ3) is 9.54. The lowest BCUT2D eigenvalue weighted by Gasteiger charge is -2.42. The molecule has 6 rings (SSSR count). The largest absolute Gasteiger partial charge is 0.508 e. The number of hydrogen-bond acceptors (Lipinski definition) is 8. The number of nitrogens with zero attached hydrogens (tertiary/aromatic N) is 2. The Labute approximate surface area is 318 Å². The van der Waals surface area contributed by atoms with Gasteiger partial charge in [-0.3, -0.25) is 9.59 Å². The van der Waals surface area contributed by atoms with E-state index in [0.29, 0.717) is 30.0 Å². The van der Waals surface area contributed by atoms with Crippen LogP contribution >= 0.6 is 0 Å². The van der Waals surface area contributed by atoms with Crippen LogP contribution in [0.3, 0.4) is 0 Å². The van der Waals surface area contributed by atoms with E-state index in [4.69, 9.17) is 9.47 Å². The highest BCUT2D eigenvalue weighted by Gasteiger charge is 2.47. The van der Waals surface area contributed by atoms with E-state index in [1.54, 1.807) is 24.3 Å². The molecule has 2 fully saturated rings. The highest BCUT2D eigenvalue weighted by Crippen LogP contribution is 2.42. The van der Waals surface area contributed by atoms with Gasteiger partial charge in [0.1, 0.15) is 11.8 Å². The molecule has 6 atom stereocenters. The Morgan fingerprint density at radius 3 is 2.36 bits per heavy atom. The van der Waals surface area contributed by atoms with Crippen LogP contribution in [0.5, 0.6) is 5.75 Å². The third-order valence-corrected chi connectivity index (χ3v) is 10.4. The average molecular weight is 762 g/mol. The Hall–Kier alpha value is -4.79. The van der Waals surface area contributed by atoms with Crippen LogP contribution in [0.25, 0.3) is 11.1 Å². The van der Waals surface area contributed by atoms with Gasteiger partial charge in [0.25, 0.3) is 0 Å². The lowest BCUT2D eigenvalue weighted by molar-refractivity contribution is -0.276. The first kappa shape index (κ1) is 39.9. The summed E-state index contributed by atoms with van der Waals surface area (Å²) >= 11 is 0.